The van der Waals surface area contributed by atoms with Gasteiger partial charge < -0.3 is 14.8 Å². The number of hydrogen-bond donors (Lipinski definition) is 1. The number of carbonyl (C=O) groups excluding carboxylic acids is 1. The van der Waals surface area contributed by atoms with Gasteiger partial charge in [-0.25, -0.2) is 4.98 Å². The molecular weight excluding hydrogens is 380 g/mol. The highest BCUT2D eigenvalue weighted by Gasteiger charge is 2.20. The van der Waals surface area contributed by atoms with Gasteiger partial charge in [0.05, 0.1) is 20.3 Å². The predicted octanol–water partition coefficient (Wildman–Crippen LogP) is 4.33. The average Bonchev–Trinajstić information content (AvgIpc) is 2.79. The lowest BCUT2D eigenvalue weighted by Gasteiger charge is -2.21. The maximum absolute atomic E-state index is 13.1. The lowest BCUT2D eigenvalue weighted by molar-refractivity contribution is 0.0987. The average molecular weight is 406 g/mol. The second kappa shape index (κ2) is 9.73. The minimum absolute atomic E-state index is 0.0260. The topological polar surface area (TPSA) is 76.6 Å². The molecule has 7 nitrogen and oxygen atoms in total. The highest BCUT2D eigenvalue weighted by molar-refractivity contribution is 6.06. The first-order valence-corrected chi connectivity index (χ1v) is 9.75. The first-order chi connectivity index (χ1) is 14.6. The van der Waals surface area contributed by atoms with Crippen LogP contribution >= 0.6 is 0 Å². The standard InChI is InChI=1S/C23H26N4O3/c1-5-27(22(28)18-11-12-19(29-3)20(15-18)30-4)21-13-14-24-23(26-21)25-16(2)17-9-7-6-8-10-17/h6-16H,5H2,1-4H3,(H,24,25,26)/t16-/m1/s1. The van der Waals surface area contributed by atoms with E-state index in [4.69, 9.17) is 9.47 Å². The number of hydrogen-bond acceptors (Lipinski definition) is 6. The summed E-state index contributed by atoms with van der Waals surface area (Å²) in [5.41, 5.74) is 1.61. The number of carbonyl (C=O) groups is 1. The summed E-state index contributed by atoms with van der Waals surface area (Å²) in [5, 5.41) is 3.29. The zero-order valence-electron chi connectivity index (χ0n) is 17.6. The molecule has 0 radical (unpaired) electrons. The molecule has 0 fully saturated rings. The zero-order chi connectivity index (χ0) is 21.5. The summed E-state index contributed by atoms with van der Waals surface area (Å²) in [6, 6.07) is 16.9. The van der Waals surface area contributed by atoms with Crippen molar-refractivity contribution in [2.75, 3.05) is 31.0 Å². The van der Waals surface area contributed by atoms with Crippen LogP contribution in [0.25, 0.3) is 0 Å². The van der Waals surface area contributed by atoms with Crippen LogP contribution in [0.4, 0.5) is 11.8 Å². The summed E-state index contributed by atoms with van der Waals surface area (Å²) < 4.78 is 10.6. The molecule has 2 aromatic carbocycles. The van der Waals surface area contributed by atoms with Gasteiger partial charge in [-0.3, -0.25) is 9.69 Å². The van der Waals surface area contributed by atoms with Crippen LogP contribution in [0.5, 0.6) is 11.5 Å². The van der Waals surface area contributed by atoms with Crippen LogP contribution in [-0.4, -0.2) is 36.6 Å². The van der Waals surface area contributed by atoms with E-state index in [1.54, 1.807) is 49.6 Å². The minimum Gasteiger partial charge on any atom is -0.493 e. The lowest BCUT2D eigenvalue weighted by Crippen LogP contribution is -2.31. The number of aromatic nitrogens is 2. The molecule has 0 unspecified atom stereocenters. The van der Waals surface area contributed by atoms with Gasteiger partial charge in [-0.15, -0.1) is 0 Å². The van der Waals surface area contributed by atoms with Crippen LogP contribution in [-0.2, 0) is 0 Å². The fraction of sp³-hybridized carbons (Fsp3) is 0.261. The molecule has 0 saturated carbocycles. The summed E-state index contributed by atoms with van der Waals surface area (Å²) in [4.78, 5) is 23.6. The van der Waals surface area contributed by atoms with Gasteiger partial charge in [0.25, 0.3) is 5.91 Å². The van der Waals surface area contributed by atoms with Crippen molar-refractivity contribution in [1.82, 2.24) is 9.97 Å². The smallest absolute Gasteiger partial charge is 0.259 e. The van der Waals surface area contributed by atoms with E-state index in [-0.39, 0.29) is 11.9 Å². The van der Waals surface area contributed by atoms with Crippen molar-refractivity contribution < 1.29 is 14.3 Å². The third-order valence-electron chi connectivity index (χ3n) is 4.75. The molecule has 1 amide bonds. The Kier molecular flexibility index (Phi) is 6.85. The van der Waals surface area contributed by atoms with E-state index in [1.165, 1.54) is 0 Å². The number of methoxy groups -OCH3 is 2. The van der Waals surface area contributed by atoms with Gasteiger partial charge in [0.15, 0.2) is 11.5 Å². The summed E-state index contributed by atoms with van der Waals surface area (Å²) in [6.45, 7) is 4.40. The van der Waals surface area contributed by atoms with Gasteiger partial charge in [0.1, 0.15) is 5.82 Å². The van der Waals surface area contributed by atoms with Crippen LogP contribution in [0.2, 0.25) is 0 Å². The van der Waals surface area contributed by atoms with Crippen molar-refractivity contribution in [3.8, 4) is 11.5 Å². The van der Waals surface area contributed by atoms with Crippen LogP contribution in [0, 0.1) is 0 Å². The molecule has 1 atom stereocenters. The fourth-order valence-corrected chi connectivity index (χ4v) is 3.12. The molecule has 1 aromatic heterocycles. The van der Waals surface area contributed by atoms with Gasteiger partial charge in [0.2, 0.25) is 5.95 Å². The molecule has 0 spiro atoms. The molecule has 7 heteroatoms. The molecule has 3 rings (SSSR count). The summed E-state index contributed by atoms with van der Waals surface area (Å²) >= 11 is 0. The number of benzene rings is 2. The maximum atomic E-state index is 13.1. The van der Waals surface area contributed by atoms with E-state index in [0.29, 0.717) is 35.4 Å². The Morgan fingerprint density at radius 1 is 1.07 bits per heavy atom. The Bertz CT molecular complexity index is 995. The molecule has 3 aromatic rings. The molecule has 1 heterocycles. The molecule has 0 aliphatic carbocycles. The molecule has 0 bridgehead atoms. The Morgan fingerprint density at radius 2 is 1.80 bits per heavy atom. The number of anilines is 2. The second-order valence-corrected chi connectivity index (χ2v) is 6.63. The summed E-state index contributed by atoms with van der Waals surface area (Å²) in [7, 11) is 3.10. The van der Waals surface area contributed by atoms with Crippen molar-refractivity contribution in [3.63, 3.8) is 0 Å². The first-order valence-electron chi connectivity index (χ1n) is 9.75. The Hall–Kier alpha value is -3.61. The lowest BCUT2D eigenvalue weighted by atomic mass is 10.1. The van der Waals surface area contributed by atoms with E-state index in [1.807, 2.05) is 44.2 Å². The van der Waals surface area contributed by atoms with E-state index in [9.17, 15) is 4.79 Å². The third kappa shape index (κ3) is 4.68. The van der Waals surface area contributed by atoms with Crippen LogP contribution < -0.4 is 19.7 Å². The summed E-state index contributed by atoms with van der Waals surface area (Å²) in [5.74, 6) is 1.87. The Morgan fingerprint density at radius 3 is 2.47 bits per heavy atom. The predicted molar refractivity (Wildman–Crippen MR) is 117 cm³/mol. The van der Waals surface area contributed by atoms with Crippen molar-refractivity contribution in [2.45, 2.75) is 19.9 Å². The van der Waals surface area contributed by atoms with E-state index >= 15 is 0 Å². The van der Waals surface area contributed by atoms with E-state index < -0.39 is 0 Å². The number of amides is 1. The Labute approximate surface area is 176 Å². The molecule has 156 valence electrons. The van der Waals surface area contributed by atoms with Crippen LogP contribution in [0.15, 0.2) is 60.8 Å². The van der Waals surface area contributed by atoms with Crippen LogP contribution in [0.3, 0.4) is 0 Å². The molecule has 30 heavy (non-hydrogen) atoms. The quantitative estimate of drug-likeness (QED) is 0.600. The SMILES string of the molecule is CCN(C(=O)c1ccc(OC)c(OC)c1)c1ccnc(N[C@H](C)c2ccccc2)n1. The maximum Gasteiger partial charge on any atom is 0.259 e. The number of nitrogens with zero attached hydrogens (tertiary/aromatic N) is 3. The van der Waals surface area contributed by atoms with Crippen molar-refractivity contribution in [1.29, 1.82) is 0 Å². The van der Waals surface area contributed by atoms with Crippen molar-refractivity contribution >= 4 is 17.7 Å². The third-order valence-corrected chi connectivity index (χ3v) is 4.75. The zero-order valence-corrected chi connectivity index (χ0v) is 17.6. The van der Waals surface area contributed by atoms with E-state index in [0.717, 1.165) is 5.56 Å². The number of ether oxygens (including phenoxy) is 2. The van der Waals surface area contributed by atoms with Gasteiger partial charge in [-0.1, -0.05) is 30.3 Å². The van der Waals surface area contributed by atoms with Crippen LogP contribution in [0.1, 0.15) is 35.8 Å². The molecule has 0 saturated heterocycles. The summed E-state index contributed by atoms with van der Waals surface area (Å²) in [6.07, 6.45) is 1.65. The van der Waals surface area contributed by atoms with Crippen molar-refractivity contribution in [2.24, 2.45) is 0 Å². The normalized spacial score (nSPS) is 11.5. The second-order valence-electron chi connectivity index (χ2n) is 6.63. The first kappa shape index (κ1) is 21.1. The number of nitrogens with one attached hydrogen (secondary N) is 1. The molecule has 0 aliphatic rings. The largest absolute Gasteiger partial charge is 0.493 e. The number of rotatable bonds is 8. The van der Waals surface area contributed by atoms with Gasteiger partial charge in [-0.05, 0) is 43.7 Å². The monoisotopic (exact) mass is 406 g/mol. The molecule has 0 aliphatic heterocycles. The molecular formula is C23H26N4O3. The Balaban J connectivity index is 1.83. The van der Waals surface area contributed by atoms with Gasteiger partial charge >= 0.3 is 0 Å². The fourth-order valence-electron chi connectivity index (χ4n) is 3.12. The van der Waals surface area contributed by atoms with Gasteiger partial charge in [-0.2, -0.15) is 4.98 Å². The molecule has 1 N–H and O–H groups in total. The van der Waals surface area contributed by atoms with Crippen molar-refractivity contribution in [3.05, 3.63) is 71.9 Å². The highest BCUT2D eigenvalue weighted by atomic mass is 16.5. The van der Waals surface area contributed by atoms with Gasteiger partial charge in [0, 0.05) is 18.3 Å². The minimum atomic E-state index is -0.181. The highest BCUT2D eigenvalue weighted by Crippen LogP contribution is 2.29. The van der Waals surface area contributed by atoms with E-state index in [2.05, 4.69) is 15.3 Å².